The minimum absolute atomic E-state index is 0.265. The maximum Gasteiger partial charge on any atom is 0.246 e. The molecule has 9 heteroatoms. The molecule has 8 nitrogen and oxygen atoms in total. The van der Waals surface area contributed by atoms with E-state index in [9.17, 15) is 8.42 Å². The first kappa shape index (κ1) is 18.9. The molecule has 3 aromatic rings. The van der Waals surface area contributed by atoms with Crippen LogP contribution in [0.25, 0.3) is 11.3 Å². The van der Waals surface area contributed by atoms with Gasteiger partial charge in [-0.1, -0.05) is 35.5 Å². The van der Waals surface area contributed by atoms with E-state index in [1.165, 1.54) is 4.31 Å². The highest BCUT2D eigenvalue weighted by molar-refractivity contribution is 7.89. The maximum absolute atomic E-state index is 13.1. The Morgan fingerprint density at radius 3 is 2.54 bits per heavy atom. The zero-order valence-corrected chi connectivity index (χ0v) is 16.6. The van der Waals surface area contributed by atoms with Gasteiger partial charge in [0.15, 0.2) is 5.76 Å². The van der Waals surface area contributed by atoms with Gasteiger partial charge in [-0.05, 0) is 13.8 Å². The number of morpholine rings is 1. The first-order valence-electron chi connectivity index (χ1n) is 9.10. The number of hydrogen-bond donors (Lipinski definition) is 0. The Bertz CT molecular complexity index is 1070. The standard InChI is InChI=1S/C19H22N4O4S/c1-14-19(28(24,25)22-8-10-26-11-9-22)15(2)23(20-14)13-17-12-18(27-21-17)16-6-4-3-5-7-16/h3-7,12H,8-11,13H2,1-2H3. The molecule has 0 unspecified atom stereocenters. The fourth-order valence-electron chi connectivity index (χ4n) is 3.40. The molecular formula is C19H22N4O4S. The number of ether oxygens (including phenoxy) is 1. The van der Waals surface area contributed by atoms with E-state index in [-0.39, 0.29) is 4.90 Å². The van der Waals surface area contributed by atoms with Gasteiger partial charge in [-0.25, -0.2) is 8.42 Å². The van der Waals surface area contributed by atoms with Crippen LogP contribution in [0.15, 0.2) is 45.8 Å². The molecule has 0 radical (unpaired) electrons. The minimum Gasteiger partial charge on any atom is -0.379 e. The van der Waals surface area contributed by atoms with Crippen LogP contribution in [0.5, 0.6) is 0 Å². The summed E-state index contributed by atoms with van der Waals surface area (Å²) < 4.78 is 40.0. The molecule has 0 aliphatic carbocycles. The third-order valence-corrected chi connectivity index (χ3v) is 6.96. The van der Waals surface area contributed by atoms with Gasteiger partial charge >= 0.3 is 0 Å². The Balaban J connectivity index is 1.61. The van der Waals surface area contributed by atoms with E-state index in [4.69, 9.17) is 9.26 Å². The molecule has 28 heavy (non-hydrogen) atoms. The second-order valence-corrected chi connectivity index (χ2v) is 8.60. The molecule has 1 aliphatic rings. The van der Waals surface area contributed by atoms with Crippen molar-refractivity contribution in [3.8, 4) is 11.3 Å². The molecule has 0 N–H and O–H groups in total. The van der Waals surface area contributed by atoms with Crippen LogP contribution < -0.4 is 0 Å². The Kier molecular flexibility index (Phi) is 5.05. The van der Waals surface area contributed by atoms with E-state index in [1.807, 2.05) is 36.4 Å². The second-order valence-electron chi connectivity index (χ2n) is 6.72. The summed E-state index contributed by atoms with van der Waals surface area (Å²) in [6, 6.07) is 11.5. The van der Waals surface area contributed by atoms with Crippen LogP contribution >= 0.6 is 0 Å². The molecule has 0 amide bonds. The second kappa shape index (κ2) is 7.50. The number of aryl methyl sites for hydroxylation is 1. The van der Waals surface area contributed by atoms with Gasteiger partial charge in [-0.15, -0.1) is 0 Å². The maximum atomic E-state index is 13.1. The molecule has 1 aromatic carbocycles. The first-order chi connectivity index (χ1) is 13.5. The fraction of sp³-hybridized carbons (Fsp3) is 0.368. The molecule has 0 saturated carbocycles. The van der Waals surface area contributed by atoms with E-state index in [0.29, 0.717) is 55.7 Å². The smallest absolute Gasteiger partial charge is 0.246 e. The summed E-state index contributed by atoms with van der Waals surface area (Å²) in [6.45, 7) is 5.35. The summed E-state index contributed by atoms with van der Waals surface area (Å²) in [5.74, 6) is 0.665. The van der Waals surface area contributed by atoms with Crippen LogP contribution in [0, 0.1) is 13.8 Å². The molecule has 0 atom stereocenters. The average molecular weight is 402 g/mol. The lowest BCUT2D eigenvalue weighted by Gasteiger charge is -2.26. The summed E-state index contributed by atoms with van der Waals surface area (Å²) in [5.41, 5.74) is 2.69. The van der Waals surface area contributed by atoms with Gasteiger partial charge in [0.2, 0.25) is 10.0 Å². The SMILES string of the molecule is Cc1nn(Cc2cc(-c3ccccc3)on2)c(C)c1S(=O)(=O)N1CCOCC1. The Morgan fingerprint density at radius 2 is 1.82 bits per heavy atom. The third kappa shape index (κ3) is 3.48. The van der Waals surface area contributed by atoms with Crippen LogP contribution in [-0.2, 0) is 21.3 Å². The quantitative estimate of drug-likeness (QED) is 0.650. The zero-order valence-electron chi connectivity index (χ0n) is 15.8. The van der Waals surface area contributed by atoms with E-state index in [2.05, 4.69) is 10.3 Å². The van der Waals surface area contributed by atoms with Crippen molar-refractivity contribution in [3.05, 3.63) is 53.5 Å². The van der Waals surface area contributed by atoms with Gasteiger partial charge in [0.05, 0.1) is 31.1 Å². The molecule has 148 valence electrons. The molecule has 1 fully saturated rings. The monoisotopic (exact) mass is 402 g/mol. The number of rotatable bonds is 5. The highest BCUT2D eigenvalue weighted by Crippen LogP contribution is 2.25. The number of benzene rings is 1. The van der Waals surface area contributed by atoms with Gasteiger partial charge in [-0.2, -0.15) is 9.40 Å². The molecule has 2 aromatic heterocycles. The van der Waals surface area contributed by atoms with Crippen molar-refractivity contribution in [3.63, 3.8) is 0 Å². The first-order valence-corrected chi connectivity index (χ1v) is 10.5. The largest absolute Gasteiger partial charge is 0.379 e. The van der Waals surface area contributed by atoms with Crippen LogP contribution in [0.2, 0.25) is 0 Å². The van der Waals surface area contributed by atoms with Gasteiger partial charge in [0.25, 0.3) is 0 Å². The van der Waals surface area contributed by atoms with Crippen molar-refractivity contribution in [1.29, 1.82) is 0 Å². The Hall–Kier alpha value is -2.49. The van der Waals surface area contributed by atoms with Gasteiger partial charge in [0, 0.05) is 24.7 Å². The summed E-state index contributed by atoms with van der Waals surface area (Å²) in [5, 5.41) is 8.55. The summed E-state index contributed by atoms with van der Waals surface area (Å²) >= 11 is 0. The summed E-state index contributed by atoms with van der Waals surface area (Å²) in [7, 11) is -3.61. The molecule has 1 saturated heterocycles. The summed E-state index contributed by atoms with van der Waals surface area (Å²) in [6.07, 6.45) is 0. The van der Waals surface area contributed by atoms with Crippen molar-refractivity contribution in [2.24, 2.45) is 0 Å². The van der Waals surface area contributed by atoms with Crippen molar-refractivity contribution in [2.45, 2.75) is 25.3 Å². The topological polar surface area (TPSA) is 90.5 Å². The molecule has 1 aliphatic heterocycles. The van der Waals surface area contributed by atoms with Crippen LogP contribution in [0.1, 0.15) is 17.1 Å². The minimum atomic E-state index is -3.61. The lowest BCUT2D eigenvalue weighted by atomic mass is 10.2. The number of hydrogen-bond acceptors (Lipinski definition) is 6. The van der Waals surface area contributed by atoms with Gasteiger partial charge in [0.1, 0.15) is 10.6 Å². The van der Waals surface area contributed by atoms with Crippen molar-refractivity contribution in [1.82, 2.24) is 19.2 Å². The van der Waals surface area contributed by atoms with E-state index < -0.39 is 10.0 Å². The third-order valence-electron chi connectivity index (χ3n) is 4.81. The van der Waals surface area contributed by atoms with Gasteiger partial charge in [-0.3, -0.25) is 4.68 Å². The van der Waals surface area contributed by atoms with E-state index in [0.717, 1.165) is 5.56 Å². The lowest BCUT2D eigenvalue weighted by Crippen LogP contribution is -2.41. The molecule has 3 heterocycles. The van der Waals surface area contributed by atoms with E-state index in [1.54, 1.807) is 18.5 Å². The highest BCUT2D eigenvalue weighted by atomic mass is 32.2. The molecule has 0 spiro atoms. The average Bonchev–Trinajstić information content (AvgIpc) is 3.28. The van der Waals surface area contributed by atoms with Crippen LogP contribution in [0.3, 0.4) is 0 Å². The van der Waals surface area contributed by atoms with Crippen molar-refractivity contribution < 1.29 is 17.7 Å². The number of nitrogens with zero attached hydrogens (tertiary/aromatic N) is 4. The molecule has 4 rings (SSSR count). The molecular weight excluding hydrogens is 380 g/mol. The highest BCUT2D eigenvalue weighted by Gasteiger charge is 2.32. The number of sulfonamides is 1. The summed E-state index contributed by atoms with van der Waals surface area (Å²) in [4.78, 5) is 0.265. The lowest BCUT2D eigenvalue weighted by molar-refractivity contribution is 0.0730. The molecule has 0 bridgehead atoms. The zero-order chi connectivity index (χ0) is 19.7. The van der Waals surface area contributed by atoms with Gasteiger partial charge < -0.3 is 9.26 Å². The Morgan fingerprint density at radius 1 is 1.11 bits per heavy atom. The predicted molar refractivity (Wildman–Crippen MR) is 102 cm³/mol. The van der Waals surface area contributed by atoms with E-state index >= 15 is 0 Å². The Labute approximate surface area is 163 Å². The van der Waals surface area contributed by atoms with Crippen LogP contribution in [-0.4, -0.2) is 54.0 Å². The normalized spacial score (nSPS) is 15.8. The number of aromatic nitrogens is 3. The predicted octanol–water partition coefficient (Wildman–Crippen LogP) is 2.22. The van der Waals surface area contributed by atoms with Crippen LogP contribution in [0.4, 0.5) is 0 Å². The fourth-order valence-corrected chi connectivity index (χ4v) is 5.18. The van der Waals surface area contributed by atoms with Crippen molar-refractivity contribution in [2.75, 3.05) is 26.3 Å². The van der Waals surface area contributed by atoms with Crippen molar-refractivity contribution >= 4 is 10.0 Å².